The molecule has 0 aromatic carbocycles. The molecule has 0 bridgehead atoms. The molecule has 0 N–H and O–H groups in total. The minimum Gasteiger partial charge on any atom is -0.372 e. The molecule has 2 rings (SSSR count). The van der Waals surface area contributed by atoms with Crippen LogP contribution in [0.25, 0.3) is 0 Å². The van der Waals surface area contributed by atoms with E-state index < -0.39 is 5.79 Å². The molecule has 2 saturated heterocycles. The van der Waals surface area contributed by atoms with Crippen molar-refractivity contribution in [2.45, 2.75) is 44.4 Å². The third-order valence-corrected chi connectivity index (χ3v) is 2.35. The minimum atomic E-state index is -0.521. The Kier molecular flexibility index (Phi) is 2.03. The number of fused-ring (bicyclic) bond motifs is 1. The molecule has 0 aromatic heterocycles. The zero-order valence-corrected chi connectivity index (χ0v) is 7.82. The number of hydrogen-bond acceptors (Lipinski definition) is 4. The average Bonchev–Trinajstić information content (AvgIpc) is 2.48. The van der Waals surface area contributed by atoms with Crippen LogP contribution in [-0.2, 0) is 14.2 Å². The Morgan fingerprint density at radius 2 is 2.23 bits per heavy atom. The van der Waals surface area contributed by atoms with Crippen LogP contribution in [0.5, 0.6) is 0 Å². The predicted octanol–water partition coefficient (Wildman–Crippen LogP) is 0.819. The van der Waals surface area contributed by atoms with Gasteiger partial charge in [-0.1, -0.05) is 0 Å². The fourth-order valence-electron chi connectivity index (χ4n) is 1.89. The second-order valence-corrected chi connectivity index (χ2v) is 3.87. The molecule has 2 aliphatic heterocycles. The van der Waals surface area contributed by atoms with E-state index in [0.717, 1.165) is 0 Å². The van der Waals surface area contributed by atoms with Gasteiger partial charge < -0.3 is 14.2 Å². The van der Waals surface area contributed by atoms with Crippen molar-refractivity contribution < 1.29 is 14.2 Å². The third kappa shape index (κ3) is 1.55. The van der Waals surface area contributed by atoms with E-state index in [4.69, 9.17) is 19.5 Å². The van der Waals surface area contributed by atoms with Gasteiger partial charge in [-0.3, -0.25) is 0 Å². The van der Waals surface area contributed by atoms with Gasteiger partial charge in [0, 0.05) is 0 Å². The van der Waals surface area contributed by atoms with Gasteiger partial charge in [0.15, 0.2) is 5.79 Å². The molecule has 0 spiro atoms. The fourth-order valence-corrected chi connectivity index (χ4v) is 1.89. The van der Waals surface area contributed by atoms with E-state index in [1.807, 2.05) is 13.8 Å². The summed E-state index contributed by atoms with van der Waals surface area (Å²) in [5.41, 5.74) is 0. The summed E-state index contributed by atoms with van der Waals surface area (Å²) in [7, 11) is 0. The first-order chi connectivity index (χ1) is 6.12. The van der Waals surface area contributed by atoms with Gasteiger partial charge in [-0.15, -0.1) is 0 Å². The average molecular weight is 183 g/mol. The van der Waals surface area contributed by atoms with Gasteiger partial charge in [0.25, 0.3) is 0 Å². The Balaban J connectivity index is 2.04. The van der Waals surface area contributed by atoms with Crippen LogP contribution in [0.4, 0.5) is 0 Å². The van der Waals surface area contributed by atoms with Crippen molar-refractivity contribution in [1.29, 1.82) is 5.26 Å². The fraction of sp³-hybridized carbons (Fsp3) is 0.889. The highest BCUT2D eigenvalue weighted by atomic mass is 16.8. The SMILES string of the molecule is CC1(C)O[C@H]2[C@@H](CC#N)OC[C@H]2O1. The Morgan fingerprint density at radius 1 is 1.46 bits per heavy atom. The van der Waals surface area contributed by atoms with E-state index in [1.165, 1.54) is 0 Å². The number of nitriles is 1. The molecule has 3 atom stereocenters. The lowest BCUT2D eigenvalue weighted by Gasteiger charge is -2.20. The van der Waals surface area contributed by atoms with E-state index in [1.54, 1.807) is 0 Å². The van der Waals surface area contributed by atoms with Gasteiger partial charge in [-0.25, -0.2) is 0 Å². The molecule has 0 unspecified atom stereocenters. The highest BCUT2D eigenvalue weighted by Gasteiger charge is 2.49. The van der Waals surface area contributed by atoms with Gasteiger partial charge in [0.05, 0.1) is 25.2 Å². The third-order valence-electron chi connectivity index (χ3n) is 2.35. The summed E-state index contributed by atoms with van der Waals surface area (Å²) in [6.45, 7) is 4.31. The molecule has 13 heavy (non-hydrogen) atoms. The Labute approximate surface area is 77.4 Å². The van der Waals surface area contributed by atoms with Crippen molar-refractivity contribution in [3.8, 4) is 6.07 Å². The summed E-state index contributed by atoms with van der Waals surface area (Å²) in [4.78, 5) is 0. The molecule has 4 nitrogen and oxygen atoms in total. The van der Waals surface area contributed by atoms with E-state index >= 15 is 0 Å². The van der Waals surface area contributed by atoms with Crippen molar-refractivity contribution in [2.24, 2.45) is 0 Å². The maximum absolute atomic E-state index is 8.55. The molecular weight excluding hydrogens is 170 g/mol. The normalized spacial score (nSPS) is 41.5. The maximum atomic E-state index is 8.55. The summed E-state index contributed by atoms with van der Waals surface area (Å²) in [5, 5.41) is 8.55. The van der Waals surface area contributed by atoms with Crippen LogP contribution in [0.1, 0.15) is 20.3 Å². The maximum Gasteiger partial charge on any atom is 0.164 e. The predicted molar refractivity (Wildman–Crippen MR) is 43.8 cm³/mol. The largest absolute Gasteiger partial charge is 0.372 e. The standard InChI is InChI=1S/C9H13NO3/c1-9(2)12-7-5-11-6(3-4-10)8(7)13-9/h6-8H,3,5H2,1-2H3/t6-,7-,8+/m1/s1. The van der Waals surface area contributed by atoms with Crippen molar-refractivity contribution in [3.63, 3.8) is 0 Å². The molecule has 0 amide bonds. The zero-order valence-electron chi connectivity index (χ0n) is 7.82. The van der Waals surface area contributed by atoms with Crippen LogP contribution in [0.3, 0.4) is 0 Å². The molecule has 0 aromatic rings. The Hall–Kier alpha value is -0.630. The van der Waals surface area contributed by atoms with E-state index in [0.29, 0.717) is 13.0 Å². The number of rotatable bonds is 1. The monoisotopic (exact) mass is 183 g/mol. The van der Waals surface area contributed by atoms with Crippen LogP contribution in [-0.4, -0.2) is 30.7 Å². The van der Waals surface area contributed by atoms with Crippen molar-refractivity contribution >= 4 is 0 Å². The lowest BCUT2D eigenvalue weighted by atomic mass is 10.1. The van der Waals surface area contributed by atoms with Crippen molar-refractivity contribution in [1.82, 2.24) is 0 Å². The second kappa shape index (κ2) is 2.95. The van der Waals surface area contributed by atoms with Crippen LogP contribution in [0.2, 0.25) is 0 Å². The topological polar surface area (TPSA) is 51.5 Å². The molecule has 0 saturated carbocycles. The van der Waals surface area contributed by atoms with Crippen LogP contribution >= 0.6 is 0 Å². The van der Waals surface area contributed by atoms with E-state index in [-0.39, 0.29) is 18.3 Å². The first-order valence-corrected chi connectivity index (χ1v) is 4.46. The molecule has 4 heteroatoms. The highest BCUT2D eigenvalue weighted by molar-refractivity contribution is 4.95. The van der Waals surface area contributed by atoms with Crippen molar-refractivity contribution in [2.75, 3.05) is 6.61 Å². The summed E-state index contributed by atoms with van der Waals surface area (Å²) < 4.78 is 16.6. The Bertz CT molecular complexity index is 246. The van der Waals surface area contributed by atoms with Crippen LogP contribution in [0, 0.1) is 11.3 Å². The van der Waals surface area contributed by atoms with Gasteiger partial charge >= 0.3 is 0 Å². The van der Waals surface area contributed by atoms with E-state index in [2.05, 4.69) is 6.07 Å². The molecule has 0 aliphatic carbocycles. The quantitative estimate of drug-likeness (QED) is 0.604. The molecule has 2 heterocycles. The Morgan fingerprint density at radius 3 is 2.92 bits per heavy atom. The lowest BCUT2D eigenvalue weighted by Crippen LogP contribution is -2.29. The first-order valence-electron chi connectivity index (χ1n) is 4.46. The highest BCUT2D eigenvalue weighted by Crippen LogP contribution is 2.35. The van der Waals surface area contributed by atoms with Crippen molar-refractivity contribution in [3.05, 3.63) is 0 Å². The smallest absolute Gasteiger partial charge is 0.164 e. The number of hydrogen-bond donors (Lipinski definition) is 0. The van der Waals surface area contributed by atoms with Crippen LogP contribution in [0.15, 0.2) is 0 Å². The summed E-state index contributed by atoms with van der Waals surface area (Å²) in [6.07, 6.45) is 0.209. The zero-order chi connectivity index (χ0) is 9.47. The van der Waals surface area contributed by atoms with Gasteiger partial charge in [-0.2, -0.15) is 5.26 Å². The molecule has 72 valence electrons. The summed E-state index contributed by atoms with van der Waals surface area (Å²) >= 11 is 0. The first kappa shape index (κ1) is 8.95. The van der Waals surface area contributed by atoms with Gasteiger partial charge in [0.1, 0.15) is 12.2 Å². The summed E-state index contributed by atoms with van der Waals surface area (Å²) in [5.74, 6) is -0.521. The molecule has 2 fully saturated rings. The minimum absolute atomic E-state index is 0.00773. The van der Waals surface area contributed by atoms with Gasteiger partial charge in [-0.05, 0) is 13.8 Å². The number of nitrogens with zero attached hydrogens (tertiary/aromatic N) is 1. The summed E-state index contributed by atoms with van der Waals surface area (Å²) in [6, 6.07) is 2.09. The molecule has 2 aliphatic rings. The lowest BCUT2D eigenvalue weighted by molar-refractivity contribution is -0.174. The van der Waals surface area contributed by atoms with Crippen LogP contribution < -0.4 is 0 Å². The van der Waals surface area contributed by atoms with E-state index in [9.17, 15) is 0 Å². The second-order valence-electron chi connectivity index (χ2n) is 3.87. The number of ether oxygens (including phenoxy) is 3. The molecular formula is C9H13NO3. The van der Waals surface area contributed by atoms with Gasteiger partial charge in [0.2, 0.25) is 0 Å². The molecule has 0 radical (unpaired) electrons.